The largest absolute Gasteiger partial charge is 0.507 e. The molecule has 192 valence electrons. The topological polar surface area (TPSA) is 136 Å². The molecule has 0 spiro atoms. The second-order valence-electron chi connectivity index (χ2n) is 8.40. The van der Waals surface area contributed by atoms with E-state index in [4.69, 9.17) is 5.11 Å². The average Bonchev–Trinajstić information content (AvgIpc) is 3.43. The lowest BCUT2D eigenvalue weighted by atomic mass is 10.1. The van der Waals surface area contributed by atoms with E-state index in [0.29, 0.717) is 5.75 Å². The molecule has 0 aliphatic carbocycles. The van der Waals surface area contributed by atoms with Crippen LogP contribution in [0.15, 0.2) is 18.2 Å². The maximum absolute atomic E-state index is 12.6. The lowest BCUT2D eigenvalue weighted by molar-refractivity contribution is -0.141. The van der Waals surface area contributed by atoms with Crippen LogP contribution in [0, 0.1) is 0 Å². The predicted octanol–water partition coefficient (Wildman–Crippen LogP) is 3.19. The molecule has 2 fully saturated rings. The van der Waals surface area contributed by atoms with Crippen molar-refractivity contribution >= 4 is 62.7 Å². The molecule has 0 radical (unpaired) electrons. The number of hydrogen-bond acceptors (Lipinski definition) is 9. The van der Waals surface area contributed by atoms with E-state index in [1.807, 2.05) is 21.6 Å². The number of imide groups is 1. The molecule has 12 heteroatoms. The number of nitrogens with zero attached hydrogens (tertiary/aromatic N) is 1. The van der Waals surface area contributed by atoms with Gasteiger partial charge in [-0.05, 0) is 44.0 Å². The molecule has 0 saturated carbocycles. The molecule has 3 amide bonds. The summed E-state index contributed by atoms with van der Waals surface area (Å²) in [4.78, 5) is 49.3. The normalized spacial score (nSPS) is 19.9. The first-order chi connectivity index (χ1) is 16.8. The Morgan fingerprint density at radius 3 is 2.74 bits per heavy atom. The van der Waals surface area contributed by atoms with Crippen LogP contribution in [0.5, 0.6) is 5.75 Å². The minimum absolute atomic E-state index is 0.0661. The molecule has 0 aromatic heterocycles. The molecule has 9 nitrogen and oxygen atoms in total. The summed E-state index contributed by atoms with van der Waals surface area (Å²) >= 11 is 1.42. The molecular weight excluding hydrogens is 510 g/mol. The van der Waals surface area contributed by atoms with E-state index < -0.39 is 35.3 Å². The molecule has 1 aromatic carbocycles. The number of phenols is 1. The molecule has 35 heavy (non-hydrogen) atoms. The zero-order valence-electron chi connectivity index (χ0n) is 19.4. The van der Waals surface area contributed by atoms with E-state index in [2.05, 4.69) is 10.6 Å². The highest BCUT2D eigenvalue weighted by atomic mass is 33.1. The number of carbonyl (C=O) groups excluding carboxylic acids is 3. The van der Waals surface area contributed by atoms with E-state index in [1.165, 1.54) is 49.3 Å². The smallest absolute Gasteiger partial charge is 0.339 e. The van der Waals surface area contributed by atoms with Gasteiger partial charge in [0, 0.05) is 35.4 Å². The third-order valence-electron chi connectivity index (χ3n) is 5.72. The van der Waals surface area contributed by atoms with Gasteiger partial charge in [0.1, 0.15) is 17.9 Å². The molecule has 0 bridgehead atoms. The molecule has 2 aliphatic heterocycles. The fourth-order valence-electron chi connectivity index (χ4n) is 3.84. The molecule has 2 saturated heterocycles. The summed E-state index contributed by atoms with van der Waals surface area (Å²) in [6.07, 6.45) is 6.32. The van der Waals surface area contributed by atoms with E-state index in [9.17, 15) is 24.3 Å². The maximum Gasteiger partial charge on any atom is 0.339 e. The van der Waals surface area contributed by atoms with Crippen molar-refractivity contribution in [1.82, 2.24) is 10.2 Å². The molecule has 2 aliphatic rings. The number of thioether (sulfide) groups is 1. The summed E-state index contributed by atoms with van der Waals surface area (Å²) in [7, 11) is 4.01. The SMILES string of the molecule is O=C(CN1C(=O)CC(SCCNCCCCCC2CCSS2)C1=O)Nc1ccc(O)c(C(=O)O)c1. The van der Waals surface area contributed by atoms with Gasteiger partial charge in [-0.2, -0.15) is 0 Å². The third kappa shape index (κ3) is 8.62. The molecule has 3 rings (SSSR count). The number of nitrogens with one attached hydrogen (secondary N) is 2. The van der Waals surface area contributed by atoms with E-state index in [0.717, 1.165) is 41.8 Å². The van der Waals surface area contributed by atoms with Crippen molar-refractivity contribution in [2.45, 2.75) is 49.0 Å². The molecule has 2 heterocycles. The van der Waals surface area contributed by atoms with Crippen LogP contribution in [-0.2, 0) is 14.4 Å². The van der Waals surface area contributed by atoms with Crippen molar-refractivity contribution in [3.05, 3.63) is 23.8 Å². The van der Waals surface area contributed by atoms with E-state index >= 15 is 0 Å². The van der Waals surface area contributed by atoms with Gasteiger partial charge in [0.25, 0.3) is 0 Å². The lowest BCUT2D eigenvalue weighted by Gasteiger charge is -2.15. The zero-order valence-corrected chi connectivity index (χ0v) is 21.8. The number of carboxylic acid groups (broad SMARTS) is 1. The Morgan fingerprint density at radius 1 is 1.17 bits per heavy atom. The van der Waals surface area contributed by atoms with Crippen molar-refractivity contribution in [3.63, 3.8) is 0 Å². The quantitative estimate of drug-likeness (QED) is 0.120. The van der Waals surface area contributed by atoms with Gasteiger partial charge in [-0.3, -0.25) is 19.3 Å². The van der Waals surface area contributed by atoms with Crippen molar-refractivity contribution < 1.29 is 29.4 Å². The Kier molecular flexibility index (Phi) is 11.1. The monoisotopic (exact) mass is 541 g/mol. The summed E-state index contributed by atoms with van der Waals surface area (Å²) in [6, 6.07) is 3.61. The standard InChI is InChI=1S/C23H31N3O6S3/c27-18-6-5-15(12-17(18)23(31)32)25-20(28)14-26-21(29)13-19(22(26)30)33-11-9-24-8-3-1-2-4-16-7-10-34-35-16/h5-6,12,16,19,24,27H,1-4,7-11,13-14H2,(H,25,28)(H,31,32). The number of benzene rings is 1. The Hall–Kier alpha value is -1.89. The molecule has 1 aromatic rings. The number of aromatic hydroxyl groups is 1. The highest BCUT2D eigenvalue weighted by molar-refractivity contribution is 8.77. The Labute approximate surface area is 216 Å². The summed E-state index contributed by atoms with van der Waals surface area (Å²) in [5.41, 5.74) is -0.207. The maximum atomic E-state index is 12.6. The zero-order chi connectivity index (χ0) is 25.2. The van der Waals surface area contributed by atoms with Crippen LogP contribution in [0.4, 0.5) is 5.69 Å². The fourth-order valence-corrected chi connectivity index (χ4v) is 7.94. The first-order valence-corrected chi connectivity index (χ1v) is 15.1. The van der Waals surface area contributed by atoms with Gasteiger partial charge >= 0.3 is 5.97 Å². The summed E-state index contributed by atoms with van der Waals surface area (Å²) < 4.78 is 0. The first-order valence-electron chi connectivity index (χ1n) is 11.7. The minimum atomic E-state index is -1.34. The summed E-state index contributed by atoms with van der Waals surface area (Å²) in [5, 5.41) is 24.8. The predicted molar refractivity (Wildman–Crippen MR) is 141 cm³/mol. The average molecular weight is 542 g/mol. The van der Waals surface area contributed by atoms with Gasteiger partial charge in [0.2, 0.25) is 17.7 Å². The van der Waals surface area contributed by atoms with Crippen LogP contribution in [0.2, 0.25) is 0 Å². The van der Waals surface area contributed by atoms with Gasteiger partial charge in [0.15, 0.2) is 0 Å². The van der Waals surface area contributed by atoms with Crippen LogP contribution in [0.3, 0.4) is 0 Å². The Morgan fingerprint density at radius 2 is 2.00 bits per heavy atom. The number of amides is 3. The Balaban J connectivity index is 1.31. The van der Waals surface area contributed by atoms with E-state index in [-0.39, 0.29) is 23.6 Å². The van der Waals surface area contributed by atoms with Crippen molar-refractivity contribution in [3.8, 4) is 5.75 Å². The minimum Gasteiger partial charge on any atom is -0.507 e. The summed E-state index contributed by atoms with van der Waals surface area (Å²) in [6.45, 7) is 1.26. The van der Waals surface area contributed by atoms with Crippen molar-refractivity contribution in [1.29, 1.82) is 0 Å². The lowest BCUT2D eigenvalue weighted by Crippen LogP contribution is -2.38. The highest BCUT2D eigenvalue weighted by Gasteiger charge is 2.39. The molecule has 4 N–H and O–H groups in total. The highest BCUT2D eigenvalue weighted by Crippen LogP contribution is 2.39. The van der Waals surface area contributed by atoms with Crippen molar-refractivity contribution in [2.24, 2.45) is 0 Å². The van der Waals surface area contributed by atoms with Gasteiger partial charge in [0.05, 0.1) is 5.25 Å². The van der Waals surface area contributed by atoms with Crippen LogP contribution in [0.1, 0.15) is 48.9 Å². The number of carbonyl (C=O) groups is 4. The molecule has 2 atom stereocenters. The number of unbranched alkanes of at least 4 members (excludes halogenated alkanes) is 2. The number of anilines is 1. The summed E-state index contributed by atoms with van der Waals surface area (Å²) in [5.74, 6) is -1.18. The molecular formula is C23H31N3O6S3. The van der Waals surface area contributed by atoms with Gasteiger partial charge in [-0.25, -0.2) is 4.79 Å². The second-order valence-corrected chi connectivity index (χ2v) is 12.5. The van der Waals surface area contributed by atoms with Gasteiger partial charge < -0.3 is 20.8 Å². The number of aromatic carboxylic acids is 1. The first kappa shape index (κ1) is 27.7. The van der Waals surface area contributed by atoms with Crippen LogP contribution in [-0.4, -0.2) is 80.4 Å². The molecule has 2 unspecified atom stereocenters. The number of hydrogen-bond donors (Lipinski definition) is 4. The van der Waals surface area contributed by atoms with Crippen molar-refractivity contribution in [2.75, 3.05) is 36.5 Å². The number of rotatable bonds is 14. The van der Waals surface area contributed by atoms with E-state index in [1.54, 1.807) is 0 Å². The second kappa shape index (κ2) is 14.0. The number of likely N-dealkylation sites (tertiary alicyclic amines) is 1. The van der Waals surface area contributed by atoms with Gasteiger partial charge in [-0.15, -0.1) is 11.8 Å². The van der Waals surface area contributed by atoms with Crippen LogP contribution >= 0.6 is 33.3 Å². The third-order valence-corrected chi connectivity index (χ3v) is 9.94. The Bertz CT molecular complexity index is 926. The number of carboxylic acids is 1. The van der Waals surface area contributed by atoms with Gasteiger partial charge in [-0.1, -0.05) is 34.4 Å². The fraction of sp³-hybridized carbons (Fsp3) is 0.565. The van der Waals surface area contributed by atoms with Crippen LogP contribution in [0.25, 0.3) is 0 Å². The van der Waals surface area contributed by atoms with Crippen LogP contribution < -0.4 is 10.6 Å².